The number of aromatic amines is 1. The zero-order valence-electron chi connectivity index (χ0n) is 14.4. The van der Waals surface area contributed by atoms with Gasteiger partial charge in [-0.2, -0.15) is 9.61 Å². The van der Waals surface area contributed by atoms with Gasteiger partial charge in [0.2, 0.25) is 0 Å². The van der Waals surface area contributed by atoms with E-state index in [2.05, 4.69) is 30.7 Å². The van der Waals surface area contributed by atoms with Crippen LogP contribution < -0.4 is 5.73 Å². The standard InChI is InChI=1S/C17H12N8O2S/c1-7-2-3-8-4-11(17(26)27)28-13(8)12(7)9-5-19-16-10(15-21-23-24-22-15)6-20-25(16)14(9)18/h2-6H,18H2,1H3,(H,26,27)(H,21,22,23,24). The first-order chi connectivity index (χ1) is 13.5. The van der Waals surface area contributed by atoms with E-state index in [1.54, 1.807) is 18.5 Å². The molecule has 0 aliphatic rings. The molecule has 4 heterocycles. The van der Waals surface area contributed by atoms with E-state index >= 15 is 0 Å². The zero-order valence-corrected chi connectivity index (χ0v) is 15.2. The summed E-state index contributed by atoms with van der Waals surface area (Å²) in [6.07, 6.45) is 3.26. The molecule has 0 aliphatic heterocycles. The average Bonchev–Trinajstić information content (AvgIpc) is 3.41. The number of aromatic carboxylic acids is 1. The van der Waals surface area contributed by atoms with E-state index in [0.29, 0.717) is 28.4 Å². The minimum absolute atomic E-state index is 0.272. The Bertz CT molecular complexity index is 1370. The molecule has 0 spiro atoms. The molecule has 4 aromatic heterocycles. The van der Waals surface area contributed by atoms with Crippen LogP contribution in [0.2, 0.25) is 0 Å². The first-order valence-corrected chi connectivity index (χ1v) is 8.99. The number of aryl methyl sites for hydroxylation is 1. The van der Waals surface area contributed by atoms with E-state index in [0.717, 1.165) is 21.2 Å². The van der Waals surface area contributed by atoms with Crippen LogP contribution in [0.25, 0.3) is 38.2 Å². The van der Waals surface area contributed by atoms with Gasteiger partial charge in [-0.15, -0.1) is 16.4 Å². The normalized spacial score (nSPS) is 11.5. The van der Waals surface area contributed by atoms with E-state index in [4.69, 9.17) is 5.73 Å². The van der Waals surface area contributed by atoms with Crippen molar-refractivity contribution in [2.75, 3.05) is 5.73 Å². The molecule has 1 aromatic carbocycles. The maximum Gasteiger partial charge on any atom is 0.345 e. The molecule has 0 radical (unpaired) electrons. The van der Waals surface area contributed by atoms with Gasteiger partial charge in [0.15, 0.2) is 11.5 Å². The third-order valence-corrected chi connectivity index (χ3v) is 5.70. The summed E-state index contributed by atoms with van der Waals surface area (Å²) in [5, 5.41) is 28.2. The Labute approximate surface area is 160 Å². The number of hydrogen-bond acceptors (Lipinski definition) is 8. The molecule has 5 aromatic rings. The Morgan fingerprint density at radius 2 is 2.14 bits per heavy atom. The van der Waals surface area contributed by atoms with Crippen LogP contribution in [0.5, 0.6) is 0 Å². The maximum absolute atomic E-state index is 11.4. The fourth-order valence-corrected chi connectivity index (χ4v) is 4.33. The van der Waals surface area contributed by atoms with E-state index in [9.17, 15) is 9.90 Å². The van der Waals surface area contributed by atoms with Gasteiger partial charge in [-0.3, -0.25) is 0 Å². The lowest BCUT2D eigenvalue weighted by atomic mass is 10.0. The molecule has 4 N–H and O–H groups in total. The summed E-state index contributed by atoms with van der Waals surface area (Å²) in [7, 11) is 0. The van der Waals surface area contributed by atoms with Crippen molar-refractivity contribution in [2.24, 2.45) is 0 Å². The van der Waals surface area contributed by atoms with Gasteiger partial charge < -0.3 is 10.8 Å². The molecule has 0 saturated carbocycles. The molecule has 10 nitrogen and oxygen atoms in total. The van der Waals surface area contributed by atoms with Gasteiger partial charge in [-0.1, -0.05) is 12.1 Å². The van der Waals surface area contributed by atoms with Crippen molar-refractivity contribution in [2.45, 2.75) is 6.92 Å². The minimum Gasteiger partial charge on any atom is -0.477 e. The second-order valence-electron chi connectivity index (χ2n) is 6.19. The second kappa shape index (κ2) is 5.82. The average molecular weight is 392 g/mol. The number of carboxylic acids is 1. The molecule has 0 fully saturated rings. The predicted molar refractivity (Wildman–Crippen MR) is 103 cm³/mol. The lowest BCUT2D eigenvalue weighted by Crippen LogP contribution is -2.03. The molecule has 0 amide bonds. The number of hydrogen-bond donors (Lipinski definition) is 3. The number of carbonyl (C=O) groups is 1. The van der Waals surface area contributed by atoms with E-state index < -0.39 is 5.97 Å². The monoisotopic (exact) mass is 392 g/mol. The van der Waals surface area contributed by atoms with Gasteiger partial charge in [0, 0.05) is 22.0 Å². The highest BCUT2D eigenvalue weighted by molar-refractivity contribution is 7.21. The Hall–Kier alpha value is -3.86. The second-order valence-corrected chi connectivity index (χ2v) is 7.24. The van der Waals surface area contributed by atoms with Crippen LogP contribution in [0.15, 0.2) is 30.6 Å². The molecule has 11 heteroatoms. The lowest BCUT2D eigenvalue weighted by molar-refractivity contribution is 0.0702. The number of anilines is 1. The van der Waals surface area contributed by atoms with Gasteiger partial charge in [-0.05, 0) is 34.4 Å². The largest absolute Gasteiger partial charge is 0.477 e. The van der Waals surface area contributed by atoms with E-state index in [1.807, 2.05) is 19.1 Å². The molecule has 0 saturated heterocycles. The van der Waals surface area contributed by atoms with Crippen LogP contribution in [-0.2, 0) is 0 Å². The Kier molecular flexibility index (Phi) is 3.39. The van der Waals surface area contributed by atoms with Crippen LogP contribution in [0.1, 0.15) is 15.2 Å². The zero-order chi connectivity index (χ0) is 19.4. The topological polar surface area (TPSA) is 148 Å². The number of benzene rings is 1. The number of nitrogens with one attached hydrogen (secondary N) is 1. The molecular weight excluding hydrogens is 380 g/mol. The van der Waals surface area contributed by atoms with Crippen molar-refractivity contribution in [3.63, 3.8) is 0 Å². The molecule has 0 atom stereocenters. The van der Waals surface area contributed by atoms with Crippen LogP contribution in [0, 0.1) is 6.92 Å². The third kappa shape index (κ3) is 2.26. The van der Waals surface area contributed by atoms with Gasteiger partial charge in [0.25, 0.3) is 0 Å². The first-order valence-electron chi connectivity index (χ1n) is 8.17. The fraction of sp³-hybridized carbons (Fsp3) is 0.0588. The van der Waals surface area contributed by atoms with Crippen molar-refractivity contribution in [1.29, 1.82) is 0 Å². The smallest absolute Gasteiger partial charge is 0.345 e. The first kappa shape index (κ1) is 16.3. The van der Waals surface area contributed by atoms with Crippen molar-refractivity contribution in [3.05, 3.63) is 41.0 Å². The highest BCUT2D eigenvalue weighted by Crippen LogP contribution is 2.39. The van der Waals surface area contributed by atoms with Crippen LogP contribution in [-0.4, -0.2) is 46.3 Å². The number of H-pyrrole nitrogens is 1. The number of aromatic nitrogens is 7. The summed E-state index contributed by atoms with van der Waals surface area (Å²) in [5.41, 5.74) is 10.1. The van der Waals surface area contributed by atoms with Gasteiger partial charge >= 0.3 is 5.97 Å². The molecule has 0 aliphatic carbocycles. The van der Waals surface area contributed by atoms with Crippen molar-refractivity contribution in [1.82, 2.24) is 35.2 Å². The van der Waals surface area contributed by atoms with Gasteiger partial charge in [0.05, 0.1) is 11.8 Å². The number of tetrazole rings is 1. The predicted octanol–water partition coefficient (Wildman–Crippen LogP) is 2.38. The molecule has 138 valence electrons. The van der Waals surface area contributed by atoms with Gasteiger partial charge in [0.1, 0.15) is 10.7 Å². The van der Waals surface area contributed by atoms with Gasteiger partial charge in [-0.25, -0.2) is 14.9 Å². The minimum atomic E-state index is -0.955. The highest BCUT2D eigenvalue weighted by Gasteiger charge is 2.20. The summed E-state index contributed by atoms with van der Waals surface area (Å²) >= 11 is 1.21. The van der Waals surface area contributed by atoms with Crippen LogP contribution in [0.4, 0.5) is 5.82 Å². The summed E-state index contributed by atoms with van der Waals surface area (Å²) < 4.78 is 2.37. The van der Waals surface area contributed by atoms with E-state index in [-0.39, 0.29) is 4.88 Å². The summed E-state index contributed by atoms with van der Waals surface area (Å²) in [5.74, 6) is -0.120. The lowest BCUT2D eigenvalue weighted by Gasteiger charge is -2.11. The number of nitrogen functional groups attached to an aromatic ring is 1. The molecule has 0 bridgehead atoms. The molecular formula is C17H12N8O2S. The highest BCUT2D eigenvalue weighted by atomic mass is 32.1. The third-order valence-electron chi connectivity index (χ3n) is 4.54. The SMILES string of the molecule is Cc1ccc2cc(C(=O)O)sc2c1-c1cnc2c(-c3nnn[nH]3)cnn2c1N. The van der Waals surface area contributed by atoms with Crippen molar-refractivity contribution in [3.8, 4) is 22.5 Å². The van der Waals surface area contributed by atoms with Crippen molar-refractivity contribution >= 4 is 38.9 Å². The molecule has 5 rings (SSSR count). The Balaban J connectivity index is 1.77. The summed E-state index contributed by atoms with van der Waals surface area (Å²) in [4.78, 5) is 16.2. The van der Waals surface area contributed by atoms with Crippen LogP contribution in [0.3, 0.4) is 0 Å². The van der Waals surface area contributed by atoms with E-state index in [1.165, 1.54) is 15.9 Å². The number of carboxylic acid groups (broad SMARTS) is 1. The number of fused-ring (bicyclic) bond motifs is 2. The summed E-state index contributed by atoms with van der Waals surface area (Å²) in [6.45, 7) is 1.95. The number of nitrogens with zero attached hydrogens (tertiary/aromatic N) is 6. The number of thiophene rings is 1. The fourth-order valence-electron chi connectivity index (χ4n) is 3.22. The summed E-state index contributed by atoms with van der Waals surface area (Å²) in [6, 6.07) is 5.51. The number of nitrogens with two attached hydrogens (primary N) is 1. The maximum atomic E-state index is 11.4. The number of rotatable bonds is 3. The quantitative estimate of drug-likeness (QED) is 0.424. The molecule has 28 heavy (non-hydrogen) atoms. The van der Waals surface area contributed by atoms with Crippen molar-refractivity contribution < 1.29 is 9.90 Å². The van der Waals surface area contributed by atoms with Crippen LogP contribution >= 0.6 is 11.3 Å². The Morgan fingerprint density at radius 3 is 2.89 bits per heavy atom. The Morgan fingerprint density at radius 1 is 1.29 bits per heavy atom. The molecule has 0 unspecified atom stereocenters.